The maximum absolute atomic E-state index is 12.3. The number of aryl methyl sites for hydroxylation is 2. The van der Waals surface area contributed by atoms with E-state index in [1.165, 1.54) is 11.8 Å². The molecule has 1 aromatic heterocycles. The highest BCUT2D eigenvalue weighted by Gasteiger charge is 2.30. The number of carbonyl (C=O) groups is 1. The maximum Gasteiger partial charge on any atom is 0.266 e. The lowest BCUT2D eigenvalue weighted by Crippen LogP contribution is -2.27. The van der Waals surface area contributed by atoms with Crippen molar-refractivity contribution in [1.29, 1.82) is 0 Å². The summed E-state index contributed by atoms with van der Waals surface area (Å²) in [6.07, 6.45) is 3.50. The highest BCUT2D eigenvalue weighted by atomic mass is 32.2. The smallest absolute Gasteiger partial charge is 0.266 e. The van der Waals surface area contributed by atoms with E-state index in [1.54, 1.807) is 11.0 Å². The molecule has 0 bridgehead atoms. The minimum Gasteiger partial charge on any atom is -0.489 e. The van der Waals surface area contributed by atoms with Crippen LogP contribution in [0.25, 0.3) is 6.08 Å². The zero-order valence-electron chi connectivity index (χ0n) is 14.5. The van der Waals surface area contributed by atoms with Gasteiger partial charge in [-0.2, -0.15) is 0 Å². The number of aromatic nitrogens is 1. The third kappa shape index (κ3) is 3.89. The van der Waals surface area contributed by atoms with Crippen LogP contribution in [0.3, 0.4) is 0 Å². The second kappa shape index (κ2) is 7.88. The number of hydrogen-bond acceptors (Lipinski definition) is 6. The molecule has 1 fully saturated rings. The summed E-state index contributed by atoms with van der Waals surface area (Å²) in [4.78, 5) is 14.5. The maximum atomic E-state index is 12.3. The molecule has 0 spiro atoms. The van der Waals surface area contributed by atoms with E-state index in [9.17, 15) is 4.79 Å². The van der Waals surface area contributed by atoms with Crippen LogP contribution in [0, 0.1) is 13.8 Å². The third-order valence-corrected chi connectivity index (χ3v) is 5.31. The molecule has 2 aromatic rings. The fourth-order valence-corrected chi connectivity index (χ4v) is 3.74. The van der Waals surface area contributed by atoms with Gasteiger partial charge in [0.05, 0.1) is 16.2 Å². The highest BCUT2D eigenvalue weighted by molar-refractivity contribution is 8.26. The van der Waals surface area contributed by atoms with Crippen molar-refractivity contribution in [2.24, 2.45) is 0 Å². The van der Waals surface area contributed by atoms with E-state index in [1.807, 2.05) is 44.2 Å². The molecule has 1 aromatic carbocycles. The Morgan fingerprint density at radius 1 is 1.35 bits per heavy atom. The van der Waals surface area contributed by atoms with E-state index in [0.717, 1.165) is 28.3 Å². The zero-order valence-corrected chi connectivity index (χ0v) is 16.2. The Morgan fingerprint density at radius 3 is 2.69 bits per heavy atom. The summed E-state index contributed by atoms with van der Waals surface area (Å²) in [6, 6.07) is 7.55. The number of thiocarbonyl (C=S) groups is 1. The van der Waals surface area contributed by atoms with Crippen molar-refractivity contribution in [3.05, 3.63) is 64.4 Å². The van der Waals surface area contributed by atoms with E-state index in [2.05, 4.69) is 11.7 Å². The molecule has 0 unspecified atom stereocenters. The average molecular weight is 386 g/mol. The van der Waals surface area contributed by atoms with Gasteiger partial charge in [0.1, 0.15) is 22.4 Å². The minimum absolute atomic E-state index is 0.0846. The molecular formula is C19H18N2O3S2. The largest absolute Gasteiger partial charge is 0.489 e. The summed E-state index contributed by atoms with van der Waals surface area (Å²) in [5.41, 5.74) is 2.70. The lowest BCUT2D eigenvalue weighted by molar-refractivity contribution is -0.121. The first-order valence-electron chi connectivity index (χ1n) is 8.00. The Balaban J connectivity index is 1.67. The number of ether oxygens (including phenoxy) is 1. The van der Waals surface area contributed by atoms with E-state index >= 15 is 0 Å². The van der Waals surface area contributed by atoms with Crippen molar-refractivity contribution >= 4 is 40.3 Å². The molecule has 1 amide bonds. The molecule has 2 heterocycles. The van der Waals surface area contributed by atoms with E-state index in [0.29, 0.717) is 22.4 Å². The van der Waals surface area contributed by atoms with Gasteiger partial charge in [-0.1, -0.05) is 47.3 Å². The zero-order chi connectivity index (χ0) is 18.7. The summed E-state index contributed by atoms with van der Waals surface area (Å²) >= 11 is 6.54. The molecule has 0 N–H and O–H groups in total. The molecule has 0 atom stereocenters. The van der Waals surface area contributed by atoms with Crippen LogP contribution in [0.2, 0.25) is 0 Å². The molecule has 0 radical (unpaired) electrons. The summed E-state index contributed by atoms with van der Waals surface area (Å²) in [7, 11) is 0. The first-order chi connectivity index (χ1) is 12.5. The van der Waals surface area contributed by atoms with E-state index in [4.69, 9.17) is 21.5 Å². The number of thioether (sulfide) groups is 1. The lowest BCUT2D eigenvalue weighted by Gasteiger charge is -2.10. The highest BCUT2D eigenvalue weighted by Crippen LogP contribution is 2.32. The second-order valence-electron chi connectivity index (χ2n) is 5.74. The van der Waals surface area contributed by atoms with Crippen LogP contribution in [0.4, 0.5) is 0 Å². The van der Waals surface area contributed by atoms with Gasteiger partial charge in [-0.15, -0.1) is 6.58 Å². The standard InChI is InChI=1S/C19H18N2O3S2/c1-4-9-21-18(22)17(26-19(21)25)10-14-5-7-15(8-6-14)23-11-16-12(2)20-24-13(16)3/h4-8,10H,1,9,11H2,2-3H3/b17-10+. The average Bonchev–Trinajstić information content (AvgIpc) is 3.08. The molecular weight excluding hydrogens is 368 g/mol. The fraction of sp³-hybridized carbons (Fsp3) is 0.211. The van der Waals surface area contributed by atoms with Gasteiger partial charge in [-0.3, -0.25) is 9.69 Å². The number of nitrogens with zero attached hydrogens (tertiary/aromatic N) is 2. The predicted molar refractivity (Wildman–Crippen MR) is 107 cm³/mol. The molecule has 26 heavy (non-hydrogen) atoms. The number of carbonyl (C=O) groups excluding carboxylic acids is 1. The third-order valence-electron chi connectivity index (χ3n) is 3.93. The first kappa shape index (κ1) is 18.4. The Bertz CT molecular complexity index is 865. The van der Waals surface area contributed by atoms with Crippen molar-refractivity contribution < 1.29 is 14.1 Å². The van der Waals surface area contributed by atoms with Crippen molar-refractivity contribution in [2.75, 3.05) is 6.54 Å². The van der Waals surface area contributed by atoms with Gasteiger partial charge in [-0.25, -0.2) is 0 Å². The minimum atomic E-state index is -0.0846. The van der Waals surface area contributed by atoms with Crippen LogP contribution < -0.4 is 4.74 Å². The SMILES string of the molecule is C=CCN1C(=O)/C(=C\c2ccc(OCc3c(C)noc3C)cc2)SC1=S. The van der Waals surface area contributed by atoms with Crippen LogP contribution >= 0.6 is 24.0 Å². The van der Waals surface area contributed by atoms with Crippen molar-refractivity contribution in [1.82, 2.24) is 10.1 Å². The summed E-state index contributed by atoms with van der Waals surface area (Å²) < 4.78 is 11.5. The van der Waals surface area contributed by atoms with Crippen LogP contribution in [0.1, 0.15) is 22.6 Å². The topological polar surface area (TPSA) is 55.6 Å². The van der Waals surface area contributed by atoms with Crippen LogP contribution in [-0.2, 0) is 11.4 Å². The van der Waals surface area contributed by atoms with Gasteiger partial charge in [0, 0.05) is 6.54 Å². The van der Waals surface area contributed by atoms with E-state index in [-0.39, 0.29) is 5.91 Å². The Labute approximate surface area is 161 Å². The molecule has 0 aliphatic carbocycles. The molecule has 5 nitrogen and oxygen atoms in total. The molecule has 1 aliphatic rings. The monoisotopic (exact) mass is 386 g/mol. The van der Waals surface area contributed by atoms with Gasteiger partial charge < -0.3 is 9.26 Å². The van der Waals surface area contributed by atoms with Crippen molar-refractivity contribution in [3.8, 4) is 5.75 Å². The summed E-state index contributed by atoms with van der Waals surface area (Å²) in [5, 5.41) is 3.91. The molecule has 0 saturated carbocycles. The van der Waals surface area contributed by atoms with Crippen LogP contribution in [0.15, 0.2) is 46.3 Å². The second-order valence-corrected chi connectivity index (χ2v) is 7.42. The first-order valence-corrected chi connectivity index (χ1v) is 9.23. The Hall–Kier alpha value is -2.38. The molecule has 1 saturated heterocycles. The molecule has 134 valence electrons. The van der Waals surface area contributed by atoms with Crippen molar-refractivity contribution in [3.63, 3.8) is 0 Å². The summed E-state index contributed by atoms with van der Waals surface area (Å²) in [6.45, 7) is 8.24. The number of rotatable bonds is 6. The van der Waals surface area contributed by atoms with Gasteiger partial charge in [0.25, 0.3) is 5.91 Å². The normalized spacial score (nSPS) is 15.8. The van der Waals surface area contributed by atoms with Crippen molar-refractivity contribution in [2.45, 2.75) is 20.5 Å². The van der Waals surface area contributed by atoms with Crippen LogP contribution in [0.5, 0.6) is 5.75 Å². The van der Waals surface area contributed by atoms with Gasteiger partial charge in [0.15, 0.2) is 0 Å². The Morgan fingerprint density at radius 2 is 2.08 bits per heavy atom. The lowest BCUT2D eigenvalue weighted by atomic mass is 10.2. The number of hydrogen-bond donors (Lipinski definition) is 0. The number of amides is 1. The summed E-state index contributed by atoms with van der Waals surface area (Å²) in [5.74, 6) is 1.42. The van der Waals surface area contributed by atoms with Gasteiger partial charge in [0.2, 0.25) is 0 Å². The Kier molecular flexibility index (Phi) is 5.58. The fourth-order valence-electron chi connectivity index (χ4n) is 2.46. The number of benzene rings is 1. The van der Waals surface area contributed by atoms with Gasteiger partial charge >= 0.3 is 0 Å². The molecule has 3 rings (SSSR count). The van der Waals surface area contributed by atoms with Crippen LogP contribution in [-0.4, -0.2) is 26.8 Å². The quantitative estimate of drug-likeness (QED) is 0.420. The predicted octanol–water partition coefficient (Wildman–Crippen LogP) is 4.26. The van der Waals surface area contributed by atoms with Gasteiger partial charge in [-0.05, 0) is 37.6 Å². The van der Waals surface area contributed by atoms with E-state index < -0.39 is 0 Å². The molecule has 7 heteroatoms. The molecule has 1 aliphatic heterocycles.